The van der Waals surface area contributed by atoms with Crippen LogP contribution in [-0.2, 0) is 20.7 Å². The lowest BCUT2D eigenvalue weighted by molar-refractivity contribution is -0.149. The molecule has 0 bridgehead atoms. The summed E-state index contributed by atoms with van der Waals surface area (Å²) in [7, 11) is 1.23. The van der Waals surface area contributed by atoms with E-state index in [1.54, 1.807) is 4.90 Å². The third-order valence-electron chi connectivity index (χ3n) is 3.56. The number of amides is 1. The highest BCUT2D eigenvalue weighted by molar-refractivity contribution is 6.02. The number of benzene rings is 1. The number of aliphatic hydroxyl groups excluding tert-OH is 1. The lowest BCUT2D eigenvalue weighted by Crippen LogP contribution is -2.43. The Bertz CT molecular complexity index is 592. The van der Waals surface area contributed by atoms with Gasteiger partial charge in [-0.05, 0) is 44.5 Å². The molecule has 2 rings (SSSR count). The second-order valence-corrected chi connectivity index (χ2v) is 6.34. The van der Waals surface area contributed by atoms with Crippen molar-refractivity contribution in [3.63, 3.8) is 0 Å². The number of rotatable bonds is 4. The predicted molar refractivity (Wildman–Crippen MR) is 83.9 cm³/mol. The van der Waals surface area contributed by atoms with Crippen molar-refractivity contribution in [2.24, 2.45) is 0 Å². The van der Waals surface area contributed by atoms with E-state index in [0.29, 0.717) is 6.42 Å². The minimum Gasteiger partial charge on any atom is -0.467 e. The maximum Gasteiger partial charge on any atom is 0.336 e. The van der Waals surface area contributed by atoms with Crippen molar-refractivity contribution < 1.29 is 19.4 Å². The SMILES string of the molecule is COC(=O)C(O)CNc1ccc2c(c1)CC(=O)N2C(C)(C)C. The van der Waals surface area contributed by atoms with Crippen LogP contribution in [0.1, 0.15) is 26.3 Å². The van der Waals surface area contributed by atoms with Gasteiger partial charge in [-0.15, -0.1) is 0 Å². The van der Waals surface area contributed by atoms with Crippen LogP contribution in [-0.4, -0.2) is 42.3 Å². The summed E-state index contributed by atoms with van der Waals surface area (Å²) < 4.78 is 4.46. The minimum atomic E-state index is -1.22. The van der Waals surface area contributed by atoms with Crippen LogP contribution in [0.25, 0.3) is 0 Å². The highest BCUT2D eigenvalue weighted by atomic mass is 16.5. The van der Waals surface area contributed by atoms with E-state index in [1.807, 2.05) is 39.0 Å². The van der Waals surface area contributed by atoms with E-state index in [-0.39, 0.29) is 18.0 Å². The van der Waals surface area contributed by atoms with Crippen LogP contribution in [0, 0.1) is 0 Å². The van der Waals surface area contributed by atoms with Gasteiger partial charge in [0.25, 0.3) is 0 Å². The van der Waals surface area contributed by atoms with E-state index < -0.39 is 12.1 Å². The molecule has 1 aliphatic heterocycles. The van der Waals surface area contributed by atoms with Crippen molar-refractivity contribution in [1.29, 1.82) is 0 Å². The van der Waals surface area contributed by atoms with Crippen LogP contribution in [0.15, 0.2) is 18.2 Å². The van der Waals surface area contributed by atoms with E-state index in [2.05, 4.69) is 10.1 Å². The molecule has 0 saturated carbocycles. The van der Waals surface area contributed by atoms with Crippen LogP contribution < -0.4 is 10.2 Å². The number of ether oxygens (including phenoxy) is 1. The first-order chi connectivity index (χ1) is 10.2. The van der Waals surface area contributed by atoms with Crippen LogP contribution in [0.5, 0.6) is 0 Å². The molecule has 0 saturated heterocycles. The quantitative estimate of drug-likeness (QED) is 0.820. The molecule has 1 amide bonds. The summed E-state index contributed by atoms with van der Waals surface area (Å²) in [6, 6.07) is 5.60. The molecule has 1 aromatic rings. The fourth-order valence-electron chi connectivity index (χ4n) is 2.60. The number of hydrogen-bond acceptors (Lipinski definition) is 5. The maximum absolute atomic E-state index is 12.2. The van der Waals surface area contributed by atoms with Crippen molar-refractivity contribution in [2.45, 2.75) is 38.8 Å². The van der Waals surface area contributed by atoms with Gasteiger partial charge in [0, 0.05) is 16.9 Å². The number of nitrogens with zero attached hydrogens (tertiary/aromatic N) is 1. The molecule has 1 heterocycles. The fourth-order valence-corrected chi connectivity index (χ4v) is 2.60. The van der Waals surface area contributed by atoms with Crippen LogP contribution in [0.3, 0.4) is 0 Å². The Morgan fingerprint density at radius 1 is 1.45 bits per heavy atom. The van der Waals surface area contributed by atoms with Crippen molar-refractivity contribution in [1.82, 2.24) is 0 Å². The summed E-state index contributed by atoms with van der Waals surface area (Å²) in [5, 5.41) is 12.5. The summed E-state index contributed by atoms with van der Waals surface area (Å²) in [4.78, 5) is 25.1. The van der Waals surface area contributed by atoms with Gasteiger partial charge in [-0.25, -0.2) is 4.79 Å². The van der Waals surface area contributed by atoms with Gasteiger partial charge in [0.1, 0.15) is 0 Å². The molecule has 6 nitrogen and oxygen atoms in total. The highest BCUT2D eigenvalue weighted by Gasteiger charge is 2.35. The van der Waals surface area contributed by atoms with Crippen molar-refractivity contribution in [2.75, 3.05) is 23.9 Å². The molecule has 0 aliphatic carbocycles. The van der Waals surface area contributed by atoms with Crippen molar-refractivity contribution in [3.8, 4) is 0 Å². The number of fused-ring (bicyclic) bond motifs is 1. The van der Waals surface area contributed by atoms with E-state index in [1.165, 1.54) is 7.11 Å². The zero-order chi connectivity index (χ0) is 16.5. The second kappa shape index (κ2) is 5.96. The van der Waals surface area contributed by atoms with Crippen molar-refractivity contribution >= 4 is 23.3 Å². The molecular weight excluding hydrogens is 284 g/mol. The van der Waals surface area contributed by atoms with Gasteiger partial charge in [0.15, 0.2) is 6.10 Å². The molecule has 1 aliphatic rings. The third kappa shape index (κ3) is 3.22. The van der Waals surface area contributed by atoms with Gasteiger partial charge in [0.2, 0.25) is 5.91 Å². The third-order valence-corrected chi connectivity index (χ3v) is 3.56. The number of nitrogens with one attached hydrogen (secondary N) is 1. The standard InChI is InChI=1S/C16H22N2O4/c1-16(2,3)18-12-6-5-11(7-10(12)8-14(18)20)17-9-13(19)15(21)22-4/h5-7,13,17,19H,8-9H2,1-4H3. The number of aliphatic hydroxyl groups is 1. The van der Waals surface area contributed by atoms with E-state index >= 15 is 0 Å². The van der Waals surface area contributed by atoms with Gasteiger partial charge in [-0.1, -0.05) is 0 Å². The Hall–Kier alpha value is -2.08. The number of esters is 1. The Morgan fingerprint density at radius 3 is 2.73 bits per heavy atom. The molecule has 1 unspecified atom stereocenters. The number of anilines is 2. The lowest BCUT2D eigenvalue weighted by Gasteiger charge is -2.32. The largest absolute Gasteiger partial charge is 0.467 e. The first-order valence-corrected chi connectivity index (χ1v) is 7.20. The monoisotopic (exact) mass is 306 g/mol. The predicted octanol–water partition coefficient (Wildman–Crippen LogP) is 1.32. The molecule has 6 heteroatoms. The van der Waals surface area contributed by atoms with Gasteiger partial charge < -0.3 is 20.1 Å². The molecule has 2 N–H and O–H groups in total. The Labute approximate surface area is 130 Å². The molecule has 0 spiro atoms. The number of hydrogen-bond donors (Lipinski definition) is 2. The van der Waals surface area contributed by atoms with Crippen LogP contribution in [0.4, 0.5) is 11.4 Å². The molecule has 22 heavy (non-hydrogen) atoms. The van der Waals surface area contributed by atoms with Gasteiger partial charge >= 0.3 is 5.97 Å². The molecular formula is C16H22N2O4. The second-order valence-electron chi connectivity index (χ2n) is 6.34. The summed E-state index contributed by atoms with van der Waals surface area (Å²) in [6.07, 6.45) is -0.854. The molecule has 0 aromatic heterocycles. The van der Waals surface area contributed by atoms with Crippen LogP contribution >= 0.6 is 0 Å². The van der Waals surface area contributed by atoms with Gasteiger partial charge in [0.05, 0.1) is 20.1 Å². The highest BCUT2D eigenvalue weighted by Crippen LogP contribution is 2.35. The molecule has 120 valence electrons. The zero-order valence-corrected chi connectivity index (χ0v) is 13.3. The van der Waals surface area contributed by atoms with Gasteiger partial charge in [-0.3, -0.25) is 4.79 Å². The Balaban J connectivity index is 2.12. The van der Waals surface area contributed by atoms with E-state index in [9.17, 15) is 14.7 Å². The van der Waals surface area contributed by atoms with Crippen molar-refractivity contribution in [3.05, 3.63) is 23.8 Å². The van der Waals surface area contributed by atoms with E-state index in [0.717, 1.165) is 16.9 Å². The average Bonchev–Trinajstić information content (AvgIpc) is 2.78. The maximum atomic E-state index is 12.2. The molecule has 0 radical (unpaired) electrons. The Kier molecular flexibility index (Phi) is 4.42. The summed E-state index contributed by atoms with van der Waals surface area (Å²) in [6.45, 7) is 6.05. The first-order valence-electron chi connectivity index (χ1n) is 7.20. The summed E-state index contributed by atoms with van der Waals surface area (Å²) >= 11 is 0. The fraction of sp³-hybridized carbons (Fsp3) is 0.500. The molecule has 1 atom stereocenters. The number of carbonyl (C=O) groups is 2. The zero-order valence-electron chi connectivity index (χ0n) is 13.3. The summed E-state index contributed by atoms with van der Waals surface area (Å²) in [5.41, 5.74) is 2.34. The number of carbonyl (C=O) groups excluding carboxylic acids is 2. The topological polar surface area (TPSA) is 78.9 Å². The Morgan fingerprint density at radius 2 is 2.14 bits per heavy atom. The first kappa shape index (κ1) is 16.3. The molecule has 0 fully saturated rings. The van der Waals surface area contributed by atoms with Gasteiger partial charge in [-0.2, -0.15) is 0 Å². The molecule has 1 aromatic carbocycles. The van der Waals surface area contributed by atoms with Crippen LogP contribution in [0.2, 0.25) is 0 Å². The van der Waals surface area contributed by atoms with E-state index in [4.69, 9.17) is 0 Å². The number of methoxy groups -OCH3 is 1. The summed E-state index contributed by atoms with van der Waals surface area (Å²) in [5.74, 6) is -0.600. The minimum absolute atomic E-state index is 0.0579. The lowest BCUT2D eigenvalue weighted by atomic mass is 10.1. The normalized spacial score (nSPS) is 15.5. The smallest absolute Gasteiger partial charge is 0.336 e. The average molecular weight is 306 g/mol.